The molecule has 3 aliphatic carbocycles. The van der Waals surface area contributed by atoms with Crippen LogP contribution in [0.4, 0.5) is 0 Å². The van der Waals surface area contributed by atoms with E-state index in [0.717, 1.165) is 32.1 Å². The fraction of sp³-hybridized carbons (Fsp3) is 0.857. The maximum Gasteiger partial charge on any atom is 0.310 e. The van der Waals surface area contributed by atoms with Gasteiger partial charge in [0, 0.05) is 18.3 Å². The number of fused-ring (bicyclic) bond motifs is 1. The normalized spacial score (nSPS) is 38.5. The lowest BCUT2D eigenvalue weighted by Gasteiger charge is -2.38. The molecule has 0 amide bonds. The van der Waals surface area contributed by atoms with Gasteiger partial charge in [-0.15, -0.1) is 0 Å². The molecule has 4 fully saturated rings. The average Bonchev–Trinajstić information content (AvgIpc) is 3.26. The lowest BCUT2D eigenvalue weighted by Crippen LogP contribution is -2.46. The van der Waals surface area contributed by atoms with Gasteiger partial charge in [-0.2, -0.15) is 0 Å². The van der Waals surface area contributed by atoms with E-state index in [1.165, 1.54) is 6.42 Å². The van der Waals surface area contributed by atoms with Crippen LogP contribution in [0.15, 0.2) is 0 Å². The molecule has 0 aromatic heterocycles. The predicted molar refractivity (Wildman–Crippen MR) is 95.4 cm³/mol. The van der Waals surface area contributed by atoms with E-state index in [4.69, 9.17) is 14.2 Å². The Morgan fingerprint density at radius 1 is 1.15 bits per heavy atom. The number of hydrogen-bond donors (Lipinski definition) is 0. The summed E-state index contributed by atoms with van der Waals surface area (Å²) >= 11 is 0. The molecule has 1 heterocycles. The van der Waals surface area contributed by atoms with E-state index in [2.05, 4.69) is 6.92 Å². The minimum Gasteiger partial charge on any atom is -0.459 e. The number of esters is 3. The second-order valence-electron chi connectivity index (χ2n) is 8.74. The van der Waals surface area contributed by atoms with Gasteiger partial charge in [-0.3, -0.25) is 14.4 Å². The van der Waals surface area contributed by atoms with E-state index in [1.54, 1.807) is 0 Å². The topological polar surface area (TPSA) is 78.9 Å². The van der Waals surface area contributed by atoms with E-state index >= 15 is 0 Å². The van der Waals surface area contributed by atoms with Crippen LogP contribution in [0, 0.1) is 23.7 Å². The van der Waals surface area contributed by atoms with Crippen LogP contribution in [0.3, 0.4) is 0 Å². The molecule has 6 nitrogen and oxygen atoms in total. The van der Waals surface area contributed by atoms with Crippen LogP contribution in [0.2, 0.25) is 0 Å². The maximum absolute atomic E-state index is 13.2. The van der Waals surface area contributed by atoms with Crippen molar-refractivity contribution in [3.8, 4) is 0 Å². The van der Waals surface area contributed by atoms with Gasteiger partial charge in [-0.1, -0.05) is 20.3 Å². The summed E-state index contributed by atoms with van der Waals surface area (Å²) in [5, 5.41) is 0. The van der Waals surface area contributed by atoms with Crippen molar-refractivity contribution in [3.05, 3.63) is 0 Å². The lowest BCUT2D eigenvalue weighted by atomic mass is 9.77. The summed E-state index contributed by atoms with van der Waals surface area (Å²) in [6, 6.07) is 0. The Morgan fingerprint density at radius 2 is 1.89 bits per heavy atom. The third-order valence-electron chi connectivity index (χ3n) is 7.27. The second kappa shape index (κ2) is 7.10. The third-order valence-corrected chi connectivity index (χ3v) is 7.27. The molecule has 2 bridgehead atoms. The van der Waals surface area contributed by atoms with Crippen LogP contribution in [0.5, 0.6) is 0 Å². The standard InChI is InChI=1S/C21H30O6/c1-3-8-14(22)25-17-13-11-12-15(19(23)26-18(12)17)16(13)20(24)27-21(4-2)9-6-5-7-10-21/h12-13,15-18H,3-11H2,1-2H3. The first-order chi connectivity index (χ1) is 13.0. The van der Waals surface area contributed by atoms with Crippen molar-refractivity contribution < 1.29 is 28.6 Å². The molecular weight excluding hydrogens is 348 g/mol. The first-order valence-electron chi connectivity index (χ1n) is 10.6. The Kier molecular flexibility index (Phi) is 4.93. The highest BCUT2D eigenvalue weighted by molar-refractivity contribution is 5.86. The van der Waals surface area contributed by atoms with Gasteiger partial charge < -0.3 is 14.2 Å². The Hall–Kier alpha value is -1.59. The number of ether oxygens (including phenoxy) is 3. The molecule has 0 aromatic carbocycles. The van der Waals surface area contributed by atoms with E-state index in [0.29, 0.717) is 19.3 Å². The van der Waals surface area contributed by atoms with Crippen molar-refractivity contribution in [2.24, 2.45) is 23.7 Å². The Labute approximate surface area is 160 Å². The summed E-state index contributed by atoms with van der Waals surface area (Å²) < 4.78 is 17.3. The monoisotopic (exact) mass is 378 g/mol. The van der Waals surface area contributed by atoms with Crippen LogP contribution in [0.25, 0.3) is 0 Å². The molecule has 150 valence electrons. The largest absolute Gasteiger partial charge is 0.459 e. The fourth-order valence-electron chi connectivity index (χ4n) is 5.89. The van der Waals surface area contributed by atoms with Gasteiger partial charge in [-0.25, -0.2) is 0 Å². The molecule has 6 heteroatoms. The SMILES string of the molecule is CCCC(=O)OC1C2CC3C1OC(=O)C3C2C(=O)OC1(CC)CCCCC1. The predicted octanol–water partition coefficient (Wildman–Crippen LogP) is 3.16. The molecule has 0 radical (unpaired) electrons. The highest BCUT2D eigenvalue weighted by Crippen LogP contribution is 2.59. The summed E-state index contributed by atoms with van der Waals surface area (Å²) in [5.74, 6) is -2.04. The molecule has 3 saturated carbocycles. The van der Waals surface area contributed by atoms with Crippen LogP contribution >= 0.6 is 0 Å². The Bertz CT molecular complexity index is 622. The summed E-state index contributed by atoms with van der Waals surface area (Å²) in [5.41, 5.74) is -0.395. The molecule has 27 heavy (non-hydrogen) atoms. The zero-order chi connectivity index (χ0) is 19.2. The Balaban J connectivity index is 1.52. The first-order valence-corrected chi connectivity index (χ1v) is 10.6. The van der Waals surface area contributed by atoms with Gasteiger partial charge in [0.15, 0.2) is 0 Å². The number of rotatable bonds is 6. The minimum atomic E-state index is -0.536. The van der Waals surface area contributed by atoms with Gasteiger partial charge in [0.1, 0.15) is 17.8 Å². The maximum atomic E-state index is 13.2. The van der Waals surface area contributed by atoms with E-state index in [1.807, 2.05) is 6.92 Å². The van der Waals surface area contributed by atoms with Crippen LogP contribution in [0.1, 0.15) is 71.6 Å². The summed E-state index contributed by atoms with van der Waals surface area (Å²) in [4.78, 5) is 37.7. The van der Waals surface area contributed by atoms with Crippen molar-refractivity contribution in [3.63, 3.8) is 0 Å². The molecule has 4 aliphatic rings. The summed E-state index contributed by atoms with van der Waals surface area (Å²) in [6.07, 6.45) is 6.76. The number of carbonyl (C=O) groups is 3. The molecule has 0 aromatic rings. The quantitative estimate of drug-likeness (QED) is 0.522. The van der Waals surface area contributed by atoms with Crippen molar-refractivity contribution in [1.82, 2.24) is 0 Å². The van der Waals surface area contributed by atoms with E-state index in [9.17, 15) is 14.4 Å². The highest BCUT2D eigenvalue weighted by Gasteiger charge is 2.70. The van der Waals surface area contributed by atoms with E-state index in [-0.39, 0.29) is 35.8 Å². The van der Waals surface area contributed by atoms with Gasteiger partial charge in [0.2, 0.25) is 0 Å². The van der Waals surface area contributed by atoms with Crippen LogP contribution < -0.4 is 0 Å². The Morgan fingerprint density at radius 3 is 2.56 bits per heavy atom. The van der Waals surface area contributed by atoms with Crippen molar-refractivity contribution in [1.29, 1.82) is 0 Å². The lowest BCUT2D eigenvalue weighted by molar-refractivity contribution is -0.178. The molecule has 1 saturated heterocycles. The first kappa shape index (κ1) is 18.8. The second-order valence-corrected chi connectivity index (χ2v) is 8.74. The molecule has 0 spiro atoms. The third kappa shape index (κ3) is 3.05. The van der Waals surface area contributed by atoms with Crippen molar-refractivity contribution >= 4 is 17.9 Å². The fourth-order valence-corrected chi connectivity index (χ4v) is 5.89. The van der Waals surface area contributed by atoms with Gasteiger partial charge in [0.25, 0.3) is 0 Å². The van der Waals surface area contributed by atoms with Crippen molar-refractivity contribution in [2.45, 2.75) is 89.4 Å². The van der Waals surface area contributed by atoms with Crippen LogP contribution in [-0.4, -0.2) is 35.7 Å². The van der Waals surface area contributed by atoms with Gasteiger partial charge >= 0.3 is 17.9 Å². The zero-order valence-electron chi connectivity index (χ0n) is 16.3. The van der Waals surface area contributed by atoms with Crippen molar-refractivity contribution in [2.75, 3.05) is 0 Å². The molecule has 0 N–H and O–H groups in total. The summed E-state index contributed by atoms with van der Waals surface area (Å²) in [7, 11) is 0. The molecule has 6 unspecified atom stereocenters. The molecule has 6 atom stereocenters. The molecule has 4 rings (SSSR count). The van der Waals surface area contributed by atoms with Gasteiger partial charge in [-0.05, 0) is 44.9 Å². The minimum absolute atomic E-state index is 0.0246. The average molecular weight is 378 g/mol. The number of carbonyl (C=O) groups excluding carboxylic acids is 3. The van der Waals surface area contributed by atoms with Crippen LogP contribution in [-0.2, 0) is 28.6 Å². The smallest absolute Gasteiger partial charge is 0.310 e. The zero-order valence-corrected chi connectivity index (χ0v) is 16.3. The molecular formula is C21H30O6. The highest BCUT2D eigenvalue weighted by atomic mass is 16.6. The number of hydrogen-bond acceptors (Lipinski definition) is 6. The van der Waals surface area contributed by atoms with E-state index < -0.39 is 23.5 Å². The summed E-state index contributed by atoms with van der Waals surface area (Å²) in [6.45, 7) is 3.98. The molecule has 1 aliphatic heterocycles. The van der Waals surface area contributed by atoms with Gasteiger partial charge in [0.05, 0.1) is 11.8 Å².